The van der Waals surface area contributed by atoms with Crippen molar-refractivity contribution >= 4 is 5.97 Å². The molecule has 0 bridgehead atoms. The summed E-state index contributed by atoms with van der Waals surface area (Å²) >= 11 is 0. The Morgan fingerprint density at radius 1 is 1.56 bits per heavy atom. The molecule has 0 spiro atoms. The molecule has 6 nitrogen and oxygen atoms in total. The van der Waals surface area contributed by atoms with Crippen LogP contribution >= 0.6 is 0 Å². The van der Waals surface area contributed by atoms with Gasteiger partial charge in [0.05, 0.1) is 12.7 Å². The number of benzene rings is 1. The van der Waals surface area contributed by atoms with Gasteiger partial charge < -0.3 is 9.84 Å². The summed E-state index contributed by atoms with van der Waals surface area (Å²) in [6, 6.07) is 3.49. The van der Waals surface area contributed by atoms with E-state index in [-0.39, 0.29) is 12.2 Å². The van der Waals surface area contributed by atoms with Gasteiger partial charge in [0.25, 0.3) is 0 Å². The average Bonchev–Trinajstić information content (AvgIpc) is 2.36. The lowest BCUT2D eigenvalue weighted by molar-refractivity contribution is -0.147. The lowest BCUT2D eigenvalue weighted by Crippen LogP contribution is -2.28. The van der Waals surface area contributed by atoms with Crippen molar-refractivity contribution in [3.63, 3.8) is 0 Å². The zero-order valence-corrected chi connectivity index (χ0v) is 9.65. The van der Waals surface area contributed by atoms with Gasteiger partial charge in [-0.15, -0.1) is 0 Å². The Bertz CT molecular complexity index is 457. The Morgan fingerprint density at radius 2 is 2.17 bits per heavy atom. The van der Waals surface area contributed by atoms with E-state index >= 15 is 0 Å². The summed E-state index contributed by atoms with van der Waals surface area (Å²) in [5.41, 5.74) is 8.64. The molecule has 0 heterocycles. The predicted octanol–water partition coefficient (Wildman–Crippen LogP) is 2.10. The van der Waals surface area contributed by atoms with Gasteiger partial charge >= 0.3 is 5.97 Å². The number of esters is 1. The van der Waals surface area contributed by atoms with E-state index in [1.165, 1.54) is 12.1 Å². The predicted molar refractivity (Wildman–Crippen MR) is 60.9 cm³/mol. The molecule has 0 amide bonds. The normalized spacial score (nSPS) is 13.3. The van der Waals surface area contributed by atoms with Crippen molar-refractivity contribution in [3.05, 3.63) is 46.1 Å². The standard InChI is InChI=1S/C11H12FN3O3/c1-2-18-11(17)9(14-15-13)10(16)7-3-5-8(12)6-4-7/h3-6,9-10,16H,2H2,1H3/t9-,10+/m1/s1. The van der Waals surface area contributed by atoms with E-state index in [0.29, 0.717) is 0 Å². The van der Waals surface area contributed by atoms with Gasteiger partial charge in [0.1, 0.15) is 5.82 Å². The average molecular weight is 253 g/mol. The number of hydrogen-bond acceptors (Lipinski definition) is 4. The van der Waals surface area contributed by atoms with Crippen LogP contribution in [0.25, 0.3) is 10.4 Å². The van der Waals surface area contributed by atoms with Crippen LogP contribution in [0, 0.1) is 5.82 Å². The quantitative estimate of drug-likeness (QED) is 0.376. The van der Waals surface area contributed by atoms with E-state index in [2.05, 4.69) is 14.8 Å². The Kier molecular flexibility index (Phi) is 5.10. The molecular weight excluding hydrogens is 241 g/mol. The minimum atomic E-state index is -1.39. The summed E-state index contributed by atoms with van der Waals surface area (Å²) < 4.78 is 17.4. The van der Waals surface area contributed by atoms with Gasteiger partial charge in [-0.2, -0.15) is 0 Å². The molecule has 0 aliphatic carbocycles. The molecule has 0 saturated carbocycles. The van der Waals surface area contributed by atoms with E-state index < -0.39 is 23.9 Å². The first-order valence-electron chi connectivity index (χ1n) is 5.24. The van der Waals surface area contributed by atoms with Gasteiger partial charge in [-0.05, 0) is 30.2 Å². The van der Waals surface area contributed by atoms with Crippen molar-refractivity contribution in [2.75, 3.05) is 6.61 Å². The Labute approximate surface area is 103 Å². The molecule has 1 aromatic carbocycles. The Morgan fingerprint density at radius 3 is 2.67 bits per heavy atom. The second-order valence-electron chi connectivity index (χ2n) is 3.40. The highest BCUT2D eigenvalue weighted by molar-refractivity contribution is 5.77. The van der Waals surface area contributed by atoms with Crippen LogP contribution in [-0.4, -0.2) is 23.7 Å². The highest BCUT2D eigenvalue weighted by Gasteiger charge is 2.28. The number of hydrogen-bond donors (Lipinski definition) is 1. The molecule has 1 aromatic rings. The summed E-state index contributed by atoms with van der Waals surface area (Å²) in [5.74, 6) is -1.30. The number of nitrogens with zero attached hydrogens (tertiary/aromatic N) is 3. The molecule has 0 aliphatic rings. The SMILES string of the molecule is CCOC(=O)[C@H](N=[N+]=[N-])[C@@H](O)c1ccc(F)cc1. The van der Waals surface area contributed by atoms with E-state index in [1.54, 1.807) is 6.92 Å². The van der Waals surface area contributed by atoms with Crippen LogP contribution in [0.4, 0.5) is 4.39 Å². The summed E-state index contributed by atoms with van der Waals surface area (Å²) in [7, 11) is 0. The fraction of sp³-hybridized carbons (Fsp3) is 0.364. The molecule has 0 radical (unpaired) electrons. The third kappa shape index (κ3) is 3.44. The maximum atomic E-state index is 12.7. The minimum Gasteiger partial charge on any atom is -0.466 e. The Hall–Kier alpha value is -2.11. The zero-order valence-electron chi connectivity index (χ0n) is 9.65. The fourth-order valence-electron chi connectivity index (χ4n) is 1.36. The summed E-state index contributed by atoms with van der Waals surface area (Å²) in [5, 5.41) is 13.1. The molecule has 0 fully saturated rings. The Balaban J connectivity index is 2.95. The molecule has 0 saturated heterocycles. The van der Waals surface area contributed by atoms with Crippen molar-refractivity contribution in [3.8, 4) is 0 Å². The van der Waals surface area contributed by atoms with E-state index in [0.717, 1.165) is 12.1 Å². The molecule has 0 unspecified atom stereocenters. The highest BCUT2D eigenvalue weighted by Crippen LogP contribution is 2.21. The number of carbonyl (C=O) groups excluding carboxylic acids is 1. The fourth-order valence-corrected chi connectivity index (χ4v) is 1.36. The third-order valence-electron chi connectivity index (χ3n) is 2.21. The smallest absolute Gasteiger partial charge is 0.317 e. The van der Waals surface area contributed by atoms with Gasteiger partial charge in [0, 0.05) is 4.91 Å². The van der Waals surface area contributed by atoms with E-state index in [9.17, 15) is 14.3 Å². The molecule has 2 atom stereocenters. The maximum Gasteiger partial charge on any atom is 0.317 e. The van der Waals surface area contributed by atoms with Crippen molar-refractivity contribution in [2.24, 2.45) is 5.11 Å². The zero-order chi connectivity index (χ0) is 13.5. The molecule has 1 rings (SSSR count). The van der Waals surface area contributed by atoms with Crippen LogP contribution in [0.15, 0.2) is 29.4 Å². The number of ether oxygens (including phenoxy) is 1. The van der Waals surface area contributed by atoms with Gasteiger partial charge in [0.2, 0.25) is 0 Å². The summed E-state index contributed by atoms with van der Waals surface area (Å²) in [6.07, 6.45) is -1.37. The number of rotatable bonds is 5. The molecular formula is C11H12FN3O3. The first-order chi connectivity index (χ1) is 8.60. The topological polar surface area (TPSA) is 95.3 Å². The lowest BCUT2D eigenvalue weighted by atomic mass is 10.0. The van der Waals surface area contributed by atoms with Crippen molar-refractivity contribution < 1.29 is 19.0 Å². The van der Waals surface area contributed by atoms with Gasteiger partial charge in [-0.3, -0.25) is 4.79 Å². The number of halogens is 1. The number of aliphatic hydroxyl groups is 1. The molecule has 7 heteroatoms. The largest absolute Gasteiger partial charge is 0.466 e. The minimum absolute atomic E-state index is 0.104. The van der Waals surface area contributed by atoms with Crippen LogP contribution < -0.4 is 0 Å². The summed E-state index contributed by atoms with van der Waals surface area (Å²) in [4.78, 5) is 14.0. The van der Waals surface area contributed by atoms with Crippen LogP contribution in [0.3, 0.4) is 0 Å². The van der Waals surface area contributed by atoms with E-state index in [1.807, 2.05) is 0 Å². The molecule has 18 heavy (non-hydrogen) atoms. The van der Waals surface area contributed by atoms with Crippen molar-refractivity contribution in [1.82, 2.24) is 0 Å². The van der Waals surface area contributed by atoms with Gasteiger partial charge in [0.15, 0.2) is 6.04 Å². The molecule has 0 aliphatic heterocycles. The second-order valence-corrected chi connectivity index (χ2v) is 3.40. The molecule has 0 aromatic heterocycles. The monoisotopic (exact) mass is 253 g/mol. The van der Waals surface area contributed by atoms with Crippen LogP contribution in [0.1, 0.15) is 18.6 Å². The van der Waals surface area contributed by atoms with Crippen LogP contribution in [-0.2, 0) is 9.53 Å². The summed E-state index contributed by atoms with van der Waals surface area (Å²) in [6.45, 7) is 1.70. The van der Waals surface area contributed by atoms with Crippen molar-refractivity contribution in [2.45, 2.75) is 19.1 Å². The van der Waals surface area contributed by atoms with Gasteiger partial charge in [-0.25, -0.2) is 4.39 Å². The first-order valence-corrected chi connectivity index (χ1v) is 5.24. The number of aliphatic hydroxyl groups excluding tert-OH is 1. The third-order valence-corrected chi connectivity index (χ3v) is 2.21. The number of azide groups is 1. The molecule has 1 N–H and O–H groups in total. The van der Waals surface area contributed by atoms with Crippen LogP contribution in [0.2, 0.25) is 0 Å². The molecule has 96 valence electrons. The first kappa shape index (κ1) is 14.0. The van der Waals surface area contributed by atoms with Crippen LogP contribution in [0.5, 0.6) is 0 Å². The van der Waals surface area contributed by atoms with E-state index in [4.69, 9.17) is 5.53 Å². The van der Waals surface area contributed by atoms with Gasteiger partial charge in [-0.1, -0.05) is 17.2 Å². The number of carbonyl (C=O) groups is 1. The second kappa shape index (κ2) is 6.58. The van der Waals surface area contributed by atoms with Crippen molar-refractivity contribution in [1.29, 1.82) is 0 Å². The highest BCUT2D eigenvalue weighted by atomic mass is 19.1. The lowest BCUT2D eigenvalue weighted by Gasteiger charge is -2.17. The maximum absolute atomic E-state index is 12.7.